The molecule has 2 heterocycles. The molecule has 0 aliphatic carbocycles. The molecule has 0 aliphatic heterocycles. The van der Waals surface area contributed by atoms with E-state index >= 15 is 0 Å². The fraction of sp³-hybridized carbons (Fsp3) is 0.348. The van der Waals surface area contributed by atoms with E-state index in [9.17, 15) is 0 Å². The molecule has 3 heteroatoms. The van der Waals surface area contributed by atoms with E-state index in [1.807, 2.05) is 11.3 Å². The van der Waals surface area contributed by atoms with E-state index in [2.05, 4.69) is 92.7 Å². The summed E-state index contributed by atoms with van der Waals surface area (Å²) in [7, 11) is 0. The molecular formula is C23H26N2S. The lowest BCUT2D eigenvalue weighted by molar-refractivity contribution is 0.537. The lowest BCUT2D eigenvalue weighted by atomic mass is 9.82. The van der Waals surface area contributed by atoms with Crippen LogP contribution in [-0.2, 0) is 17.3 Å². The molecule has 0 spiro atoms. The van der Waals surface area contributed by atoms with Crippen molar-refractivity contribution in [3.63, 3.8) is 0 Å². The minimum atomic E-state index is 0.0623. The van der Waals surface area contributed by atoms with Crippen LogP contribution in [0.15, 0.2) is 47.8 Å². The largest absolute Gasteiger partial charge is 0.281 e. The number of nitrogens with one attached hydrogen (secondary N) is 1. The smallest absolute Gasteiger partial charge is 0.0924 e. The molecule has 2 nitrogen and oxygen atoms in total. The highest BCUT2D eigenvalue weighted by molar-refractivity contribution is 7.11. The van der Waals surface area contributed by atoms with Gasteiger partial charge < -0.3 is 0 Å². The Hall–Kier alpha value is -2.13. The zero-order valence-corrected chi connectivity index (χ0v) is 17.0. The molecule has 0 saturated carbocycles. The highest BCUT2D eigenvalue weighted by atomic mass is 32.1. The molecule has 0 fully saturated rings. The molecule has 4 rings (SSSR count). The van der Waals surface area contributed by atoms with E-state index in [4.69, 9.17) is 0 Å². The maximum atomic E-state index is 4.49. The molecule has 2 aromatic heterocycles. The van der Waals surface area contributed by atoms with Crippen LogP contribution < -0.4 is 0 Å². The lowest BCUT2D eigenvalue weighted by Crippen LogP contribution is -2.19. The van der Waals surface area contributed by atoms with Gasteiger partial charge in [0.25, 0.3) is 0 Å². The van der Waals surface area contributed by atoms with Crippen molar-refractivity contribution in [2.24, 2.45) is 0 Å². The van der Waals surface area contributed by atoms with E-state index < -0.39 is 0 Å². The molecule has 4 aromatic rings. The van der Waals surface area contributed by atoms with Crippen LogP contribution in [0.3, 0.4) is 0 Å². The summed E-state index contributed by atoms with van der Waals surface area (Å²) in [5.41, 5.74) is 3.79. The molecule has 0 bridgehead atoms. The van der Waals surface area contributed by atoms with Crippen LogP contribution in [-0.4, -0.2) is 10.2 Å². The molecule has 134 valence electrons. The Morgan fingerprint density at radius 2 is 1.73 bits per heavy atom. The number of nitrogens with zero attached hydrogens (tertiary/aromatic N) is 1. The van der Waals surface area contributed by atoms with Crippen molar-refractivity contribution in [2.75, 3.05) is 0 Å². The van der Waals surface area contributed by atoms with Gasteiger partial charge in [-0.15, -0.1) is 11.3 Å². The molecule has 0 radical (unpaired) electrons. The van der Waals surface area contributed by atoms with E-state index in [1.54, 1.807) is 0 Å². The minimum Gasteiger partial charge on any atom is -0.281 e. The average Bonchev–Trinajstić information content (AvgIpc) is 3.18. The molecule has 2 aromatic carbocycles. The number of aromatic nitrogens is 2. The number of H-pyrrole nitrogens is 1. The number of rotatable bonds is 3. The van der Waals surface area contributed by atoms with Gasteiger partial charge in [-0.25, -0.2) is 0 Å². The van der Waals surface area contributed by atoms with Gasteiger partial charge in [-0.2, -0.15) is 5.10 Å². The number of thiophene rings is 1. The molecule has 0 saturated heterocycles. The first-order valence-corrected chi connectivity index (χ1v) is 10.1. The topological polar surface area (TPSA) is 28.7 Å². The minimum absolute atomic E-state index is 0.0623. The number of hydrogen-bond donors (Lipinski definition) is 1. The number of benzene rings is 2. The molecular weight excluding hydrogens is 336 g/mol. The number of aromatic amines is 1. The van der Waals surface area contributed by atoms with Crippen LogP contribution in [0, 0.1) is 0 Å². The molecule has 0 amide bonds. The normalized spacial score (nSPS) is 13.0. The summed E-state index contributed by atoms with van der Waals surface area (Å²) in [6.45, 7) is 11.4. The maximum Gasteiger partial charge on any atom is 0.0924 e. The Balaban J connectivity index is 1.74. The van der Waals surface area contributed by atoms with Crippen molar-refractivity contribution in [1.82, 2.24) is 10.2 Å². The second-order valence-electron chi connectivity index (χ2n) is 8.91. The van der Waals surface area contributed by atoms with Crippen LogP contribution in [0.4, 0.5) is 0 Å². The summed E-state index contributed by atoms with van der Waals surface area (Å²) in [4.78, 5) is 1.47. The van der Waals surface area contributed by atoms with Gasteiger partial charge in [-0.05, 0) is 40.3 Å². The molecule has 0 unspecified atom stereocenters. The summed E-state index contributed by atoms with van der Waals surface area (Å²) >= 11 is 1.88. The van der Waals surface area contributed by atoms with Crippen LogP contribution >= 0.6 is 11.3 Å². The van der Waals surface area contributed by atoms with E-state index in [0.29, 0.717) is 0 Å². The van der Waals surface area contributed by atoms with Gasteiger partial charge >= 0.3 is 0 Å². The number of hydrogen-bond acceptors (Lipinski definition) is 2. The van der Waals surface area contributed by atoms with Crippen LogP contribution in [0.5, 0.6) is 0 Å². The summed E-state index contributed by atoms with van der Waals surface area (Å²) in [5, 5.41) is 14.0. The first-order valence-electron chi connectivity index (χ1n) is 9.20. The van der Waals surface area contributed by atoms with E-state index in [1.165, 1.54) is 32.3 Å². The zero-order chi connectivity index (χ0) is 18.5. The van der Waals surface area contributed by atoms with Crippen molar-refractivity contribution in [2.45, 2.75) is 51.9 Å². The Morgan fingerprint density at radius 3 is 2.50 bits per heavy atom. The highest BCUT2D eigenvalue weighted by Crippen LogP contribution is 2.38. The average molecular weight is 363 g/mol. The molecule has 0 aliphatic rings. The van der Waals surface area contributed by atoms with Gasteiger partial charge in [0, 0.05) is 26.8 Å². The van der Waals surface area contributed by atoms with Gasteiger partial charge in [0.15, 0.2) is 0 Å². The fourth-order valence-corrected chi connectivity index (χ4v) is 5.00. The highest BCUT2D eigenvalue weighted by Gasteiger charge is 2.26. The molecule has 0 atom stereocenters. The number of fused-ring (bicyclic) bond motifs is 2. The standard InChI is InChI=1S/C23H26N2S/c1-22(2,3)20-18-12-15(10-11-19(18)24-25-20)13-23(4,5)21-17-9-7-6-8-16(17)14-26-21/h6-12,14H,13H2,1-5H3,(H,24,25). The zero-order valence-electron chi connectivity index (χ0n) is 16.2. The van der Waals surface area contributed by atoms with Gasteiger partial charge in [-0.3, -0.25) is 5.10 Å². The van der Waals surface area contributed by atoms with Crippen molar-refractivity contribution in [1.29, 1.82) is 0 Å². The predicted molar refractivity (Wildman–Crippen MR) is 113 cm³/mol. The van der Waals surface area contributed by atoms with Gasteiger partial charge in [-0.1, -0.05) is 65.0 Å². The van der Waals surface area contributed by atoms with Crippen molar-refractivity contribution in [3.8, 4) is 0 Å². The summed E-state index contributed by atoms with van der Waals surface area (Å²) in [6, 6.07) is 15.4. The summed E-state index contributed by atoms with van der Waals surface area (Å²) < 4.78 is 0. The van der Waals surface area contributed by atoms with Gasteiger partial charge in [0.2, 0.25) is 0 Å². The first kappa shape index (κ1) is 17.3. The van der Waals surface area contributed by atoms with Gasteiger partial charge in [0.1, 0.15) is 0 Å². The van der Waals surface area contributed by atoms with Crippen molar-refractivity contribution < 1.29 is 0 Å². The second kappa shape index (κ2) is 5.95. The van der Waals surface area contributed by atoms with Crippen molar-refractivity contribution >= 4 is 33.0 Å². The monoisotopic (exact) mass is 362 g/mol. The Bertz CT molecular complexity index is 1080. The summed E-state index contributed by atoms with van der Waals surface area (Å²) in [6.07, 6.45) is 1.02. The van der Waals surface area contributed by atoms with E-state index in [-0.39, 0.29) is 10.8 Å². The van der Waals surface area contributed by atoms with Crippen LogP contribution in [0.1, 0.15) is 50.8 Å². The van der Waals surface area contributed by atoms with Gasteiger partial charge in [0.05, 0.1) is 5.52 Å². The Labute approximate surface area is 159 Å². The van der Waals surface area contributed by atoms with Crippen molar-refractivity contribution in [3.05, 3.63) is 64.0 Å². The fourth-order valence-electron chi connectivity index (χ4n) is 3.85. The van der Waals surface area contributed by atoms with Crippen LogP contribution in [0.25, 0.3) is 21.7 Å². The third-order valence-electron chi connectivity index (χ3n) is 5.14. The third kappa shape index (κ3) is 2.95. The first-order chi connectivity index (χ1) is 12.3. The SMILES string of the molecule is CC(C)(C)c1[nH]nc2ccc(CC(C)(C)c3scc4ccccc34)cc12. The van der Waals surface area contributed by atoms with Crippen LogP contribution in [0.2, 0.25) is 0 Å². The predicted octanol–water partition coefficient (Wildman–Crippen LogP) is 6.60. The Kier molecular flexibility index (Phi) is 3.96. The second-order valence-corrected chi connectivity index (χ2v) is 9.79. The molecule has 1 N–H and O–H groups in total. The quantitative estimate of drug-likeness (QED) is 0.437. The summed E-state index contributed by atoms with van der Waals surface area (Å²) in [5.74, 6) is 0. The van der Waals surface area contributed by atoms with E-state index in [0.717, 1.165) is 11.9 Å². The molecule has 26 heavy (non-hydrogen) atoms. The Morgan fingerprint density at radius 1 is 0.962 bits per heavy atom. The lowest BCUT2D eigenvalue weighted by Gasteiger charge is -2.24. The maximum absolute atomic E-state index is 4.49. The third-order valence-corrected chi connectivity index (χ3v) is 6.52.